The van der Waals surface area contributed by atoms with Crippen LogP contribution < -0.4 is 0 Å². The van der Waals surface area contributed by atoms with E-state index in [1.807, 2.05) is 0 Å². The summed E-state index contributed by atoms with van der Waals surface area (Å²) in [5, 5.41) is 8.51. The van der Waals surface area contributed by atoms with Crippen LogP contribution in [-0.4, -0.2) is 35.7 Å². The van der Waals surface area contributed by atoms with Gasteiger partial charge in [0.25, 0.3) is 0 Å². The second kappa shape index (κ2) is 5.95. The van der Waals surface area contributed by atoms with Gasteiger partial charge >= 0.3 is 17.9 Å². The van der Waals surface area contributed by atoms with Crippen LogP contribution in [0.15, 0.2) is 0 Å². The van der Waals surface area contributed by atoms with Gasteiger partial charge < -0.3 is 14.6 Å². The lowest BCUT2D eigenvalue weighted by atomic mass is 10.3. The van der Waals surface area contributed by atoms with Crippen LogP contribution in [0.3, 0.4) is 0 Å². The zero-order valence-corrected chi connectivity index (χ0v) is 7.98. The number of aliphatic carboxylic acids is 1. The highest BCUT2D eigenvalue weighted by molar-refractivity contribution is 5.79. The number of esters is 2. The third-order valence-corrected chi connectivity index (χ3v) is 1.31. The molecule has 0 rings (SSSR count). The van der Waals surface area contributed by atoms with Crippen molar-refractivity contribution in [3.8, 4) is 0 Å². The Morgan fingerprint density at radius 2 is 1.93 bits per heavy atom. The Labute approximate surface area is 80.8 Å². The van der Waals surface area contributed by atoms with E-state index in [0.717, 1.165) is 6.92 Å². The van der Waals surface area contributed by atoms with Gasteiger partial charge in [-0.3, -0.25) is 4.79 Å². The fourth-order valence-corrected chi connectivity index (χ4v) is 0.662. The minimum Gasteiger partial charge on any atom is -0.479 e. The summed E-state index contributed by atoms with van der Waals surface area (Å²) in [4.78, 5) is 31.6. The number of carbonyl (C=O) groups excluding carboxylic acids is 2. The first kappa shape index (κ1) is 12.4. The summed E-state index contributed by atoms with van der Waals surface area (Å²) >= 11 is 0. The smallest absolute Gasteiger partial charge is 0.345 e. The molecule has 1 atom stereocenters. The molecule has 6 nitrogen and oxygen atoms in total. The maximum absolute atomic E-state index is 10.9. The number of ether oxygens (including phenoxy) is 2. The van der Waals surface area contributed by atoms with Gasteiger partial charge in [0.15, 0.2) is 12.7 Å². The quantitative estimate of drug-likeness (QED) is 0.632. The monoisotopic (exact) mass is 204 g/mol. The highest BCUT2D eigenvalue weighted by Gasteiger charge is 2.20. The Kier molecular flexibility index (Phi) is 5.28. The molecule has 6 heteroatoms. The molecule has 0 saturated carbocycles. The van der Waals surface area contributed by atoms with E-state index in [0.29, 0.717) is 0 Å². The lowest BCUT2D eigenvalue weighted by Crippen LogP contribution is -2.28. The van der Waals surface area contributed by atoms with Crippen molar-refractivity contribution < 1.29 is 29.0 Å². The molecule has 0 fully saturated rings. The summed E-state index contributed by atoms with van der Waals surface area (Å²) in [6.07, 6.45) is -1.01. The fraction of sp³-hybridized carbons (Fsp3) is 0.625. The normalized spacial score (nSPS) is 11.6. The zero-order chi connectivity index (χ0) is 11.1. The van der Waals surface area contributed by atoms with Gasteiger partial charge in [-0.15, -0.1) is 0 Å². The molecule has 14 heavy (non-hydrogen) atoms. The van der Waals surface area contributed by atoms with Crippen LogP contribution in [0.25, 0.3) is 0 Å². The topological polar surface area (TPSA) is 89.9 Å². The standard InChI is InChI=1S/C8H12O6/c1-3-6(8(11)12)14-7(10)4-13-5(2)9/h6H,3-4H2,1-2H3,(H,11,12). The van der Waals surface area contributed by atoms with Crippen LogP contribution in [0.1, 0.15) is 20.3 Å². The van der Waals surface area contributed by atoms with E-state index >= 15 is 0 Å². The molecule has 1 N–H and O–H groups in total. The molecule has 0 aliphatic carbocycles. The Morgan fingerprint density at radius 1 is 1.36 bits per heavy atom. The average Bonchev–Trinajstić information content (AvgIpc) is 2.10. The van der Waals surface area contributed by atoms with Crippen LogP contribution >= 0.6 is 0 Å². The predicted octanol–water partition coefficient (Wildman–Crippen LogP) is -0.0441. The number of hydrogen-bond acceptors (Lipinski definition) is 5. The van der Waals surface area contributed by atoms with Crippen molar-refractivity contribution in [2.75, 3.05) is 6.61 Å². The summed E-state index contributed by atoms with van der Waals surface area (Å²) in [6.45, 7) is 2.15. The maximum Gasteiger partial charge on any atom is 0.345 e. The molecule has 0 aromatic carbocycles. The van der Waals surface area contributed by atoms with Crippen LogP contribution in [0.2, 0.25) is 0 Å². The first-order valence-electron chi connectivity index (χ1n) is 4.03. The van der Waals surface area contributed by atoms with Gasteiger partial charge in [-0.2, -0.15) is 0 Å². The van der Waals surface area contributed by atoms with Crippen molar-refractivity contribution in [2.45, 2.75) is 26.4 Å². The van der Waals surface area contributed by atoms with Crippen molar-refractivity contribution in [3.63, 3.8) is 0 Å². The first-order chi connectivity index (χ1) is 6.47. The highest BCUT2D eigenvalue weighted by atomic mass is 16.6. The minimum absolute atomic E-state index is 0.168. The van der Waals surface area contributed by atoms with E-state index in [1.165, 1.54) is 0 Å². The highest BCUT2D eigenvalue weighted by Crippen LogP contribution is 1.98. The molecule has 0 aliphatic heterocycles. The summed E-state index contributed by atoms with van der Waals surface area (Å²) in [5.41, 5.74) is 0. The van der Waals surface area contributed by atoms with Gasteiger partial charge in [-0.1, -0.05) is 6.92 Å². The van der Waals surface area contributed by atoms with Crippen molar-refractivity contribution in [1.82, 2.24) is 0 Å². The molecule has 80 valence electrons. The molecule has 0 aromatic heterocycles. The molecule has 0 heterocycles. The Bertz CT molecular complexity index is 234. The Morgan fingerprint density at radius 3 is 2.29 bits per heavy atom. The summed E-state index contributed by atoms with van der Waals surface area (Å²) < 4.78 is 8.82. The van der Waals surface area contributed by atoms with Crippen LogP contribution in [0.5, 0.6) is 0 Å². The third kappa shape index (κ3) is 5.13. The number of carboxylic acid groups (broad SMARTS) is 1. The van der Waals surface area contributed by atoms with Crippen molar-refractivity contribution in [3.05, 3.63) is 0 Å². The van der Waals surface area contributed by atoms with E-state index in [2.05, 4.69) is 9.47 Å². The molecule has 1 unspecified atom stereocenters. The largest absolute Gasteiger partial charge is 0.479 e. The second-order valence-corrected chi connectivity index (χ2v) is 2.51. The Balaban J connectivity index is 3.91. The molecular weight excluding hydrogens is 192 g/mol. The van der Waals surface area contributed by atoms with E-state index in [9.17, 15) is 14.4 Å². The molecule has 0 aliphatic rings. The first-order valence-corrected chi connectivity index (χ1v) is 4.03. The van der Waals surface area contributed by atoms with Crippen LogP contribution in [0.4, 0.5) is 0 Å². The summed E-state index contributed by atoms with van der Waals surface area (Å²) in [7, 11) is 0. The van der Waals surface area contributed by atoms with Crippen LogP contribution in [-0.2, 0) is 23.9 Å². The summed E-state index contributed by atoms with van der Waals surface area (Å²) in [5.74, 6) is -2.71. The van der Waals surface area contributed by atoms with Crippen molar-refractivity contribution in [2.24, 2.45) is 0 Å². The number of carboxylic acids is 1. The lowest BCUT2D eigenvalue weighted by molar-refractivity contribution is -0.169. The van der Waals surface area contributed by atoms with Gasteiger partial charge in [-0.05, 0) is 6.42 Å². The molecule has 0 amide bonds. The van der Waals surface area contributed by atoms with Gasteiger partial charge in [0, 0.05) is 6.92 Å². The second-order valence-electron chi connectivity index (χ2n) is 2.51. The number of carbonyl (C=O) groups is 3. The van der Waals surface area contributed by atoms with E-state index in [1.54, 1.807) is 6.92 Å². The molecule has 0 bridgehead atoms. The number of rotatable bonds is 5. The van der Waals surface area contributed by atoms with Gasteiger partial charge in [0.1, 0.15) is 0 Å². The zero-order valence-electron chi connectivity index (χ0n) is 7.98. The Hall–Kier alpha value is -1.59. The molecular formula is C8H12O6. The van der Waals surface area contributed by atoms with Gasteiger partial charge in [0.2, 0.25) is 0 Å². The van der Waals surface area contributed by atoms with Gasteiger partial charge in [-0.25, -0.2) is 9.59 Å². The number of hydrogen-bond donors (Lipinski definition) is 1. The third-order valence-electron chi connectivity index (χ3n) is 1.31. The molecule has 0 radical (unpaired) electrons. The maximum atomic E-state index is 10.9. The predicted molar refractivity (Wildman–Crippen MR) is 44.4 cm³/mol. The fourth-order valence-electron chi connectivity index (χ4n) is 0.662. The summed E-state index contributed by atoms with van der Waals surface area (Å²) in [6, 6.07) is 0. The van der Waals surface area contributed by atoms with Crippen molar-refractivity contribution >= 4 is 17.9 Å². The van der Waals surface area contributed by atoms with Crippen molar-refractivity contribution in [1.29, 1.82) is 0 Å². The van der Waals surface area contributed by atoms with Gasteiger partial charge in [0.05, 0.1) is 0 Å². The van der Waals surface area contributed by atoms with E-state index < -0.39 is 30.6 Å². The van der Waals surface area contributed by atoms with E-state index in [-0.39, 0.29) is 6.42 Å². The minimum atomic E-state index is -1.22. The SMILES string of the molecule is CCC(OC(=O)COC(C)=O)C(=O)O. The van der Waals surface area contributed by atoms with Crippen LogP contribution in [0, 0.1) is 0 Å². The molecule has 0 saturated heterocycles. The molecule has 0 aromatic rings. The van der Waals surface area contributed by atoms with E-state index in [4.69, 9.17) is 5.11 Å². The molecule has 0 spiro atoms. The lowest BCUT2D eigenvalue weighted by Gasteiger charge is -2.10. The average molecular weight is 204 g/mol.